The first kappa shape index (κ1) is 23.4. The Balaban J connectivity index is 1.55. The van der Waals surface area contributed by atoms with Crippen LogP contribution < -0.4 is 9.04 Å². The zero-order valence-corrected chi connectivity index (χ0v) is 19.7. The van der Waals surface area contributed by atoms with Gasteiger partial charge in [0, 0.05) is 18.1 Å². The standard InChI is InChI=1S/C23H25ClN2O6S/c1-2-31-23(28)16-11-13-25(14-12-16)22(27)21-15-26(19-5-3-4-6-20(19)32-21)33(29,30)18-9-7-17(24)8-10-18/h3-10,16,21H,2,11-15H2,1H3/t21-/m1/s1. The van der Waals surface area contributed by atoms with E-state index in [0.717, 1.165) is 0 Å². The highest BCUT2D eigenvalue weighted by Gasteiger charge is 2.40. The summed E-state index contributed by atoms with van der Waals surface area (Å²) in [7, 11) is -3.95. The number of halogens is 1. The number of fused-ring (bicyclic) bond motifs is 1. The molecule has 0 unspecified atom stereocenters. The van der Waals surface area contributed by atoms with Crippen LogP contribution in [-0.2, 0) is 24.3 Å². The number of para-hydroxylation sites is 2. The smallest absolute Gasteiger partial charge is 0.309 e. The van der Waals surface area contributed by atoms with Crippen molar-refractivity contribution in [2.75, 3.05) is 30.5 Å². The van der Waals surface area contributed by atoms with E-state index in [1.165, 1.54) is 28.6 Å². The third-order valence-corrected chi connectivity index (χ3v) is 7.88. The molecule has 176 valence electrons. The molecule has 0 N–H and O–H groups in total. The Hall–Kier alpha value is -2.78. The van der Waals surface area contributed by atoms with Gasteiger partial charge in [0.1, 0.15) is 5.75 Å². The maximum absolute atomic E-state index is 13.4. The summed E-state index contributed by atoms with van der Waals surface area (Å²) >= 11 is 5.92. The Morgan fingerprint density at radius 1 is 1.09 bits per heavy atom. The highest BCUT2D eigenvalue weighted by Crippen LogP contribution is 2.37. The van der Waals surface area contributed by atoms with Gasteiger partial charge in [-0.2, -0.15) is 0 Å². The second kappa shape index (κ2) is 9.61. The van der Waals surface area contributed by atoms with Gasteiger partial charge >= 0.3 is 5.97 Å². The Morgan fingerprint density at radius 2 is 1.76 bits per heavy atom. The fourth-order valence-corrected chi connectivity index (χ4v) is 5.69. The number of benzene rings is 2. The number of amides is 1. The zero-order chi connectivity index (χ0) is 23.6. The number of rotatable bonds is 5. The van der Waals surface area contributed by atoms with Crippen LogP contribution in [0.2, 0.25) is 5.02 Å². The van der Waals surface area contributed by atoms with Crippen molar-refractivity contribution in [1.29, 1.82) is 0 Å². The minimum absolute atomic E-state index is 0.0741. The molecule has 2 heterocycles. The van der Waals surface area contributed by atoms with E-state index in [0.29, 0.717) is 49.0 Å². The summed E-state index contributed by atoms with van der Waals surface area (Å²) in [6.45, 7) is 2.70. The van der Waals surface area contributed by atoms with Crippen LogP contribution in [0.1, 0.15) is 19.8 Å². The number of esters is 1. The number of anilines is 1. The van der Waals surface area contributed by atoms with Crippen LogP contribution in [0.15, 0.2) is 53.4 Å². The van der Waals surface area contributed by atoms with E-state index in [9.17, 15) is 18.0 Å². The average Bonchev–Trinajstić information content (AvgIpc) is 2.83. The maximum Gasteiger partial charge on any atom is 0.309 e. The minimum Gasteiger partial charge on any atom is -0.476 e. The molecule has 4 rings (SSSR count). The molecule has 0 radical (unpaired) electrons. The van der Waals surface area contributed by atoms with Gasteiger partial charge in [-0.05, 0) is 56.2 Å². The molecule has 1 atom stereocenters. The third-order valence-electron chi connectivity index (χ3n) is 5.84. The predicted molar refractivity (Wildman–Crippen MR) is 123 cm³/mol. The predicted octanol–water partition coefficient (Wildman–Crippen LogP) is 3.10. The molecule has 1 amide bonds. The summed E-state index contributed by atoms with van der Waals surface area (Å²) in [6, 6.07) is 12.6. The summed E-state index contributed by atoms with van der Waals surface area (Å²) in [5.74, 6) is -0.458. The molecular weight excluding hydrogens is 468 g/mol. The number of piperidine rings is 1. The highest BCUT2D eigenvalue weighted by atomic mass is 35.5. The van der Waals surface area contributed by atoms with Crippen molar-refractivity contribution in [3.8, 4) is 5.75 Å². The number of hydrogen-bond acceptors (Lipinski definition) is 6. The van der Waals surface area contributed by atoms with Gasteiger partial charge in [-0.25, -0.2) is 8.42 Å². The monoisotopic (exact) mass is 492 g/mol. The molecule has 2 aliphatic heterocycles. The summed E-state index contributed by atoms with van der Waals surface area (Å²) in [5, 5.41) is 0.426. The number of sulfonamides is 1. The number of carbonyl (C=O) groups is 2. The molecule has 1 saturated heterocycles. The molecule has 8 nitrogen and oxygen atoms in total. The molecule has 2 aromatic rings. The number of nitrogens with zero attached hydrogens (tertiary/aromatic N) is 2. The normalized spacial score (nSPS) is 18.9. The van der Waals surface area contributed by atoms with Crippen molar-refractivity contribution in [2.24, 2.45) is 5.92 Å². The molecule has 33 heavy (non-hydrogen) atoms. The van der Waals surface area contributed by atoms with E-state index < -0.39 is 16.1 Å². The van der Waals surface area contributed by atoms with E-state index in [1.807, 2.05) is 0 Å². The van der Waals surface area contributed by atoms with Gasteiger partial charge in [-0.1, -0.05) is 23.7 Å². The fraction of sp³-hybridized carbons (Fsp3) is 0.391. The van der Waals surface area contributed by atoms with Crippen LogP contribution in [0.25, 0.3) is 0 Å². The minimum atomic E-state index is -3.95. The molecule has 0 spiro atoms. The first-order valence-corrected chi connectivity index (χ1v) is 12.6. The Morgan fingerprint density at radius 3 is 2.42 bits per heavy atom. The second-order valence-electron chi connectivity index (χ2n) is 7.92. The average molecular weight is 493 g/mol. The molecule has 10 heteroatoms. The van der Waals surface area contributed by atoms with E-state index in [2.05, 4.69) is 0 Å². The van der Waals surface area contributed by atoms with Crippen molar-refractivity contribution in [3.63, 3.8) is 0 Å². The lowest BCUT2D eigenvalue weighted by Crippen LogP contribution is -2.53. The maximum atomic E-state index is 13.4. The van der Waals surface area contributed by atoms with Crippen LogP contribution in [0.3, 0.4) is 0 Å². The highest BCUT2D eigenvalue weighted by molar-refractivity contribution is 7.92. The second-order valence-corrected chi connectivity index (χ2v) is 10.2. The van der Waals surface area contributed by atoms with Crippen molar-refractivity contribution in [1.82, 2.24) is 4.90 Å². The van der Waals surface area contributed by atoms with Gasteiger partial charge in [-0.3, -0.25) is 13.9 Å². The van der Waals surface area contributed by atoms with Crippen LogP contribution in [0.5, 0.6) is 5.75 Å². The SMILES string of the molecule is CCOC(=O)C1CCN(C(=O)[C@H]2CN(S(=O)(=O)c3ccc(Cl)cc3)c3ccccc3O2)CC1. The van der Waals surface area contributed by atoms with Gasteiger partial charge in [0.05, 0.1) is 29.7 Å². The number of likely N-dealkylation sites (tertiary alicyclic amines) is 1. The lowest BCUT2D eigenvalue weighted by atomic mass is 9.96. The van der Waals surface area contributed by atoms with Gasteiger partial charge in [0.25, 0.3) is 15.9 Å². The summed E-state index contributed by atoms with van der Waals surface area (Å²) in [5.41, 5.74) is 0.373. The van der Waals surface area contributed by atoms with Gasteiger partial charge in [0.15, 0.2) is 6.10 Å². The molecule has 0 aliphatic carbocycles. The zero-order valence-electron chi connectivity index (χ0n) is 18.1. The van der Waals surface area contributed by atoms with Crippen LogP contribution >= 0.6 is 11.6 Å². The first-order valence-electron chi connectivity index (χ1n) is 10.8. The molecule has 0 saturated carbocycles. The van der Waals surface area contributed by atoms with Crippen LogP contribution in [-0.4, -0.2) is 57.5 Å². The van der Waals surface area contributed by atoms with Crippen LogP contribution in [0.4, 0.5) is 5.69 Å². The Kier molecular flexibility index (Phi) is 6.81. The molecule has 0 aromatic heterocycles. The summed E-state index contributed by atoms with van der Waals surface area (Å²) < 4.78 is 39.1. The quantitative estimate of drug-likeness (QED) is 0.595. The van der Waals surface area contributed by atoms with Gasteiger partial charge in [0.2, 0.25) is 0 Å². The number of ether oxygens (including phenoxy) is 2. The van der Waals surface area contributed by atoms with E-state index in [1.54, 1.807) is 36.1 Å². The third kappa shape index (κ3) is 4.79. The van der Waals surface area contributed by atoms with E-state index in [4.69, 9.17) is 21.1 Å². The topological polar surface area (TPSA) is 93.2 Å². The van der Waals surface area contributed by atoms with Crippen molar-refractivity contribution in [3.05, 3.63) is 53.6 Å². The van der Waals surface area contributed by atoms with E-state index >= 15 is 0 Å². The first-order chi connectivity index (χ1) is 15.8. The van der Waals surface area contributed by atoms with Crippen LogP contribution in [0, 0.1) is 5.92 Å². The van der Waals surface area contributed by atoms with Gasteiger partial charge < -0.3 is 14.4 Å². The Bertz CT molecular complexity index is 1130. The largest absolute Gasteiger partial charge is 0.476 e. The summed E-state index contributed by atoms with van der Waals surface area (Å²) in [6.07, 6.45) is 0.00236. The van der Waals surface area contributed by atoms with Crippen molar-refractivity contribution in [2.45, 2.75) is 30.8 Å². The van der Waals surface area contributed by atoms with Crippen molar-refractivity contribution >= 4 is 39.2 Å². The molecule has 1 fully saturated rings. The van der Waals surface area contributed by atoms with Crippen molar-refractivity contribution < 1.29 is 27.5 Å². The number of hydrogen-bond donors (Lipinski definition) is 0. The van der Waals surface area contributed by atoms with E-state index in [-0.39, 0.29) is 29.2 Å². The lowest BCUT2D eigenvalue weighted by molar-refractivity contribution is -0.152. The summed E-state index contributed by atoms with van der Waals surface area (Å²) in [4.78, 5) is 27.0. The molecule has 2 aromatic carbocycles. The Labute approximate surface area is 198 Å². The fourth-order valence-electron chi connectivity index (χ4n) is 4.09. The lowest BCUT2D eigenvalue weighted by Gasteiger charge is -2.38. The molecular formula is C23H25ClN2O6S. The molecule has 2 aliphatic rings. The van der Waals surface area contributed by atoms with Gasteiger partial charge in [-0.15, -0.1) is 0 Å². The molecule has 0 bridgehead atoms. The number of carbonyl (C=O) groups excluding carboxylic acids is 2.